The van der Waals surface area contributed by atoms with Crippen LogP contribution < -0.4 is 11.5 Å². The molecule has 1 heterocycles. The highest BCUT2D eigenvalue weighted by Crippen LogP contribution is 2.18. The van der Waals surface area contributed by atoms with Gasteiger partial charge in [0.2, 0.25) is 5.96 Å². The van der Waals surface area contributed by atoms with Gasteiger partial charge in [-0.15, -0.1) is 4.40 Å². The molecule has 0 saturated heterocycles. The van der Waals surface area contributed by atoms with E-state index in [1.54, 1.807) is 12.1 Å². The molecule has 0 atom stereocenters. The summed E-state index contributed by atoms with van der Waals surface area (Å²) in [5.41, 5.74) is 10.7. The predicted octanol–water partition coefficient (Wildman–Crippen LogP) is 0.992. The fourth-order valence-corrected chi connectivity index (χ4v) is 2.26. The number of sulfonamides is 1. The van der Waals surface area contributed by atoms with Crippen molar-refractivity contribution in [2.24, 2.45) is 20.9 Å². The molecule has 0 spiro atoms. The Morgan fingerprint density at radius 1 is 1.15 bits per heavy atom. The predicted molar refractivity (Wildman–Crippen MR) is 75.4 cm³/mol. The summed E-state index contributed by atoms with van der Waals surface area (Å²) in [6, 6.07) is 9.31. The molecule has 0 aliphatic rings. The van der Waals surface area contributed by atoms with Gasteiger partial charge in [0.1, 0.15) is 5.76 Å². The molecular formula is C12H12N4O3S. The molecule has 2 rings (SSSR count). The van der Waals surface area contributed by atoms with Crippen LogP contribution in [0.4, 0.5) is 5.69 Å². The minimum atomic E-state index is -3.87. The maximum atomic E-state index is 11.7. The van der Waals surface area contributed by atoms with E-state index in [2.05, 4.69) is 9.39 Å². The van der Waals surface area contributed by atoms with Crippen molar-refractivity contribution in [2.45, 2.75) is 4.90 Å². The Labute approximate surface area is 115 Å². The number of furan rings is 1. The lowest BCUT2D eigenvalue weighted by Crippen LogP contribution is -2.24. The molecule has 0 aliphatic heterocycles. The minimum Gasteiger partial charge on any atom is -0.463 e. The van der Waals surface area contributed by atoms with Gasteiger partial charge in [-0.3, -0.25) is 4.99 Å². The number of benzene rings is 1. The van der Waals surface area contributed by atoms with Crippen molar-refractivity contribution in [3.8, 4) is 0 Å². The van der Waals surface area contributed by atoms with Gasteiger partial charge in [0, 0.05) is 0 Å². The molecular weight excluding hydrogens is 280 g/mol. The van der Waals surface area contributed by atoms with Gasteiger partial charge in [0.05, 0.1) is 23.1 Å². The molecule has 4 N–H and O–H groups in total. The maximum Gasteiger partial charge on any atom is 0.285 e. The highest BCUT2D eigenvalue weighted by molar-refractivity contribution is 7.90. The molecule has 2 aromatic rings. The van der Waals surface area contributed by atoms with Crippen molar-refractivity contribution in [3.05, 3.63) is 48.4 Å². The van der Waals surface area contributed by atoms with Gasteiger partial charge in [-0.25, -0.2) is 0 Å². The summed E-state index contributed by atoms with van der Waals surface area (Å²) in [5, 5.41) is 0. The summed E-state index contributed by atoms with van der Waals surface area (Å²) >= 11 is 0. The van der Waals surface area contributed by atoms with E-state index in [4.69, 9.17) is 15.9 Å². The molecule has 0 bridgehead atoms. The summed E-state index contributed by atoms with van der Waals surface area (Å²) in [6.07, 6.45) is 3.06. The zero-order chi connectivity index (χ0) is 14.6. The number of aliphatic imine (C=N–C) groups is 1. The van der Waals surface area contributed by atoms with E-state index in [1.807, 2.05) is 0 Å². The Balaban J connectivity index is 2.21. The third-order valence-electron chi connectivity index (χ3n) is 2.24. The van der Waals surface area contributed by atoms with E-state index in [0.29, 0.717) is 11.4 Å². The maximum absolute atomic E-state index is 11.7. The minimum absolute atomic E-state index is 0.0113. The van der Waals surface area contributed by atoms with Gasteiger partial charge < -0.3 is 15.9 Å². The number of nitrogens with two attached hydrogens (primary N) is 2. The summed E-state index contributed by atoms with van der Waals surface area (Å²) in [4.78, 5) is 4.12. The summed E-state index contributed by atoms with van der Waals surface area (Å²) in [5.74, 6) is 0.0899. The zero-order valence-corrected chi connectivity index (χ0v) is 11.1. The van der Waals surface area contributed by atoms with Crippen molar-refractivity contribution in [1.29, 1.82) is 0 Å². The van der Waals surface area contributed by atoms with Crippen LogP contribution in [0, 0.1) is 0 Å². The van der Waals surface area contributed by atoms with Crippen LogP contribution in [-0.4, -0.2) is 20.6 Å². The molecule has 8 heteroatoms. The molecule has 0 saturated carbocycles. The first-order chi connectivity index (χ1) is 9.47. The fourth-order valence-electron chi connectivity index (χ4n) is 1.40. The van der Waals surface area contributed by atoms with Gasteiger partial charge in [-0.2, -0.15) is 8.42 Å². The van der Waals surface area contributed by atoms with Crippen LogP contribution in [0.25, 0.3) is 0 Å². The van der Waals surface area contributed by atoms with Crippen molar-refractivity contribution in [2.75, 3.05) is 0 Å². The molecule has 0 aliphatic carbocycles. The highest BCUT2D eigenvalue weighted by atomic mass is 32.2. The smallest absolute Gasteiger partial charge is 0.285 e. The number of guanidine groups is 1. The fraction of sp³-hybridized carbons (Fsp3) is 0. The molecule has 20 heavy (non-hydrogen) atoms. The van der Waals surface area contributed by atoms with Crippen LogP contribution in [-0.2, 0) is 10.0 Å². The van der Waals surface area contributed by atoms with Crippen LogP contribution in [0.5, 0.6) is 0 Å². The Hall–Kier alpha value is -2.61. The highest BCUT2D eigenvalue weighted by Gasteiger charge is 2.12. The third kappa shape index (κ3) is 3.45. The van der Waals surface area contributed by atoms with E-state index in [-0.39, 0.29) is 4.90 Å². The summed E-state index contributed by atoms with van der Waals surface area (Å²) in [7, 11) is -3.87. The van der Waals surface area contributed by atoms with Gasteiger partial charge in [0.15, 0.2) is 0 Å². The lowest BCUT2D eigenvalue weighted by Gasteiger charge is -1.99. The lowest BCUT2D eigenvalue weighted by molar-refractivity contribution is 0.560. The SMILES string of the molecule is NC(N)=NS(=O)(=O)c1ccc(N=Cc2ccco2)cc1. The molecule has 104 valence electrons. The largest absolute Gasteiger partial charge is 0.463 e. The van der Waals surface area contributed by atoms with Gasteiger partial charge in [-0.1, -0.05) is 0 Å². The second kappa shape index (κ2) is 5.57. The first-order valence-electron chi connectivity index (χ1n) is 5.51. The Morgan fingerprint density at radius 2 is 1.85 bits per heavy atom. The standard InChI is InChI=1S/C12H12N4O3S/c13-12(14)16-20(17,18)11-5-3-9(4-6-11)15-8-10-2-1-7-19-10/h1-8H,(H4,13,14,16). The van der Waals surface area contributed by atoms with E-state index in [0.717, 1.165) is 0 Å². The number of nitrogens with zero attached hydrogens (tertiary/aromatic N) is 2. The van der Waals surface area contributed by atoms with Crippen LogP contribution in [0.1, 0.15) is 5.76 Å². The molecule has 0 radical (unpaired) electrons. The average molecular weight is 292 g/mol. The third-order valence-corrected chi connectivity index (χ3v) is 3.56. The topological polar surface area (TPSA) is 124 Å². The van der Waals surface area contributed by atoms with Crippen molar-refractivity contribution in [1.82, 2.24) is 0 Å². The van der Waals surface area contributed by atoms with Crippen LogP contribution in [0.15, 0.2) is 61.4 Å². The Morgan fingerprint density at radius 3 is 2.40 bits per heavy atom. The summed E-state index contributed by atoms with van der Waals surface area (Å²) < 4.78 is 31.7. The molecule has 0 amide bonds. The lowest BCUT2D eigenvalue weighted by atomic mass is 10.3. The number of hydrogen-bond acceptors (Lipinski definition) is 4. The van der Waals surface area contributed by atoms with Crippen molar-refractivity contribution >= 4 is 27.9 Å². The van der Waals surface area contributed by atoms with E-state index in [1.165, 1.54) is 36.7 Å². The van der Waals surface area contributed by atoms with Crippen LogP contribution in [0.2, 0.25) is 0 Å². The van der Waals surface area contributed by atoms with E-state index in [9.17, 15) is 8.42 Å². The number of hydrogen-bond donors (Lipinski definition) is 2. The molecule has 7 nitrogen and oxygen atoms in total. The molecule has 0 fully saturated rings. The second-order valence-corrected chi connectivity index (χ2v) is 5.36. The first kappa shape index (κ1) is 13.8. The Bertz CT molecular complexity index is 728. The van der Waals surface area contributed by atoms with Gasteiger partial charge >= 0.3 is 0 Å². The normalized spacial score (nSPS) is 11.6. The van der Waals surface area contributed by atoms with E-state index < -0.39 is 16.0 Å². The van der Waals surface area contributed by atoms with Gasteiger partial charge in [0.25, 0.3) is 10.0 Å². The van der Waals surface area contributed by atoms with Crippen molar-refractivity contribution in [3.63, 3.8) is 0 Å². The molecule has 1 aromatic heterocycles. The monoisotopic (exact) mass is 292 g/mol. The first-order valence-corrected chi connectivity index (χ1v) is 6.95. The zero-order valence-electron chi connectivity index (χ0n) is 10.3. The van der Waals surface area contributed by atoms with Crippen LogP contribution >= 0.6 is 0 Å². The van der Waals surface area contributed by atoms with Crippen molar-refractivity contribution < 1.29 is 12.8 Å². The second-order valence-electron chi connectivity index (χ2n) is 3.76. The molecule has 0 unspecified atom stereocenters. The van der Waals surface area contributed by atoms with Gasteiger partial charge in [-0.05, 0) is 36.4 Å². The quantitative estimate of drug-likeness (QED) is 0.642. The van der Waals surface area contributed by atoms with E-state index >= 15 is 0 Å². The van der Waals surface area contributed by atoms with Crippen LogP contribution in [0.3, 0.4) is 0 Å². The molecule has 1 aromatic carbocycles. The average Bonchev–Trinajstić information content (AvgIpc) is 2.88. The number of rotatable bonds is 4. The Kier molecular flexibility index (Phi) is 3.85. The summed E-state index contributed by atoms with van der Waals surface area (Å²) in [6.45, 7) is 0.